The Morgan fingerprint density at radius 2 is 2.00 bits per heavy atom. The topological polar surface area (TPSA) is 72.5 Å². The Labute approximate surface area is 107 Å². The number of ketones is 1. The molecule has 1 heterocycles. The average Bonchev–Trinajstić information content (AvgIpc) is 2.71. The molecule has 0 aliphatic carbocycles. The van der Waals surface area contributed by atoms with Crippen molar-refractivity contribution in [3.05, 3.63) is 30.3 Å². The maximum absolute atomic E-state index is 12.0. The lowest BCUT2D eigenvalue weighted by Gasteiger charge is -2.19. The summed E-state index contributed by atoms with van der Waals surface area (Å²) in [6, 6.07) is 8.62. The van der Waals surface area contributed by atoms with E-state index in [1.54, 1.807) is 30.3 Å². The van der Waals surface area contributed by atoms with Crippen LogP contribution in [0.1, 0.15) is 6.92 Å². The van der Waals surface area contributed by atoms with Gasteiger partial charge in [-0.1, -0.05) is 18.2 Å². The highest BCUT2D eigenvalue weighted by Gasteiger charge is 2.47. The molecule has 1 aliphatic rings. The molecule has 0 aromatic heterocycles. The largest absolute Gasteiger partial charge is 0.353 e. The Hall–Kier alpha value is -1.53. The van der Waals surface area contributed by atoms with Crippen molar-refractivity contribution in [1.82, 2.24) is 0 Å². The summed E-state index contributed by atoms with van der Waals surface area (Å²) in [4.78, 5) is 22.2. The number of rotatable bonds is 3. The van der Waals surface area contributed by atoms with E-state index in [0.717, 1.165) is 0 Å². The van der Waals surface area contributed by atoms with Gasteiger partial charge in [0, 0.05) is 5.69 Å². The summed E-state index contributed by atoms with van der Waals surface area (Å²) >= 11 is 0. The van der Waals surface area contributed by atoms with Gasteiger partial charge in [-0.3, -0.25) is 13.8 Å². The first-order valence-corrected chi connectivity index (χ1v) is 6.79. The number of carbonyl (C=O) groups excluding carboxylic acids is 2. The maximum Gasteiger partial charge on any atom is 0.295 e. The number of amides is 1. The molecule has 1 fully saturated rings. The molecule has 0 bridgehead atoms. The number of Topliss-reactive ketones (excluding diaryl/α,β-unsaturated/α-hetero) is 1. The molecule has 2 atom stereocenters. The molecule has 1 amide bonds. The van der Waals surface area contributed by atoms with E-state index in [0.29, 0.717) is 5.69 Å². The lowest BCUT2D eigenvalue weighted by Crippen LogP contribution is -2.45. The number of hydrogen-bond donors (Lipinski definition) is 1. The zero-order valence-corrected chi connectivity index (χ0v) is 10.7. The molecule has 0 spiro atoms. The highest BCUT2D eigenvalue weighted by molar-refractivity contribution is 7.87. The Kier molecular flexibility index (Phi) is 3.58. The monoisotopic (exact) mass is 267 g/mol. The van der Waals surface area contributed by atoms with Crippen LogP contribution in [-0.2, 0) is 25.1 Å². The first-order chi connectivity index (χ1) is 8.54. The van der Waals surface area contributed by atoms with Crippen LogP contribution in [0, 0.1) is 0 Å². The lowest BCUT2D eigenvalue weighted by molar-refractivity contribution is -0.142. The molecule has 2 rings (SSSR count). The third-order valence-electron chi connectivity index (χ3n) is 2.73. The molecule has 96 valence electrons. The number of carbonyl (C=O) groups is 2. The van der Waals surface area contributed by atoms with Gasteiger partial charge in [0.05, 0.1) is 23.2 Å². The molecule has 1 aromatic carbocycles. The summed E-state index contributed by atoms with van der Waals surface area (Å²) in [5.41, 5.74) is 0.517. The van der Waals surface area contributed by atoms with Gasteiger partial charge in [0.15, 0.2) is 0 Å². The van der Waals surface area contributed by atoms with Crippen LogP contribution in [0.15, 0.2) is 30.3 Å². The van der Waals surface area contributed by atoms with Gasteiger partial charge >= 0.3 is 0 Å². The van der Waals surface area contributed by atoms with Crippen molar-refractivity contribution in [3.8, 4) is 0 Å². The summed E-state index contributed by atoms with van der Waals surface area (Å²) in [7, 11) is -1.47. The molecule has 1 aliphatic heterocycles. The van der Waals surface area contributed by atoms with Crippen molar-refractivity contribution in [1.29, 1.82) is 0 Å². The van der Waals surface area contributed by atoms with E-state index in [-0.39, 0.29) is 12.4 Å². The molecule has 6 heteroatoms. The van der Waals surface area contributed by atoms with Crippen LogP contribution in [0.5, 0.6) is 0 Å². The van der Waals surface area contributed by atoms with E-state index in [9.17, 15) is 13.8 Å². The summed E-state index contributed by atoms with van der Waals surface area (Å²) in [6.45, 7) is 1.62. The van der Waals surface area contributed by atoms with Crippen molar-refractivity contribution in [2.24, 2.45) is 0 Å². The average molecular weight is 267 g/mol. The van der Waals surface area contributed by atoms with Gasteiger partial charge in [0.25, 0.3) is 11.7 Å². The lowest BCUT2D eigenvalue weighted by atomic mass is 10.2. The highest BCUT2D eigenvalue weighted by Crippen LogP contribution is 2.24. The molecule has 18 heavy (non-hydrogen) atoms. The predicted molar refractivity (Wildman–Crippen MR) is 67.4 cm³/mol. The van der Waals surface area contributed by atoms with Crippen molar-refractivity contribution in [3.63, 3.8) is 0 Å². The van der Waals surface area contributed by atoms with E-state index in [2.05, 4.69) is 5.32 Å². The number of hydrogen-bond acceptors (Lipinski definition) is 4. The molecule has 5 nitrogen and oxygen atoms in total. The Bertz CT molecular complexity index is 502. The van der Waals surface area contributed by atoms with Crippen molar-refractivity contribution < 1.29 is 18.5 Å². The fourth-order valence-corrected chi connectivity index (χ4v) is 2.80. The molecular weight excluding hydrogens is 254 g/mol. The number of nitrogens with one attached hydrogen (secondary N) is 1. The fourth-order valence-electron chi connectivity index (χ4n) is 1.66. The SMILES string of the molecule is C[C@]1(C(=O)C(=O)Nc2ccccc2)OCCS1=O. The highest BCUT2D eigenvalue weighted by atomic mass is 32.2. The normalized spacial score (nSPS) is 26.8. The summed E-state index contributed by atoms with van der Waals surface area (Å²) in [6.07, 6.45) is 0. The second-order valence-electron chi connectivity index (χ2n) is 3.99. The van der Waals surface area contributed by atoms with Crippen molar-refractivity contribution >= 4 is 28.2 Å². The minimum atomic E-state index is -1.52. The molecule has 0 saturated carbocycles. The standard InChI is InChI=1S/C12H13NO4S/c1-12(17-7-8-18(12)16)10(14)11(15)13-9-5-3-2-4-6-9/h2-6H,7-8H2,1H3,(H,13,15)/t12-,18?/m0/s1. The Balaban J connectivity index is 2.10. The molecule has 0 radical (unpaired) electrons. The quantitative estimate of drug-likeness (QED) is 0.818. The first-order valence-electron chi connectivity index (χ1n) is 5.47. The third kappa shape index (κ3) is 2.34. The summed E-state index contributed by atoms with van der Waals surface area (Å²) in [5, 5.41) is 2.46. The van der Waals surface area contributed by atoms with Crippen LogP contribution >= 0.6 is 0 Å². The van der Waals surface area contributed by atoms with Gasteiger partial charge < -0.3 is 10.1 Å². The second kappa shape index (κ2) is 4.99. The number of ether oxygens (including phenoxy) is 1. The zero-order valence-electron chi connectivity index (χ0n) is 9.84. The maximum atomic E-state index is 12.0. The number of para-hydroxylation sites is 1. The van der Waals surface area contributed by atoms with Crippen molar-refractivity contribution in [2.75, 3.05) is 17.7 Å². The summed E-state index contributed by atoms with van der Waals surface area (Å²) in [5.74, 6) is -1.33. The third-order valence-corrected chi connectivity index (χ3v) is 4.44. The minimum Gasteiger partial charge on any atom is -0.353 e. The van der Waals surface area contributed by atoms with Gasteiger partial charge in [-0.25, -0.2) is 0 Å². The van der Waals surface area contributed by atoms with E-state index in [1.807, 2.05) is 0 Å². The molecule has 1 N–H and O–H groups in total. The first kappa shape index (κ1) is 12.9. The molecule has 1 saturated heterocycles. The minimum absolute atomic E-state index is 0.230. The van der Waals surface area contributed by atoms with E-state index < -0.39 is 27.4 Å². The molecule has 1 unspecified atom stereocenters. The van der Waals surface area contributed by atoms with Gasteiger partial charge in [-0.2, -0.15) is 0 Å². The fraction of sp³-hybridized carbons (Fsp3) is 0.333. The Morgan fingerprint density at radius 1 is 1.33 bits per heavy atom. The van der Waals surface area contributed by atoms with Crippen molar-refractivity contribution in [2.45, 2.75) is 11.9 Å². The van der Waals surface area contributed by atoms with Crippen LogP contribution < -0.4 is 5.32 Å². The smallest absolute Gasteiger partial charge is 0.295 e. The van der Waals surface area contributed by atoms with Gasteiger partial charge in [0.2, 0.25) is 4.93 Å². The van der Waals surface area contributed by atoms with Gasteiger partial charge in [0.1, 0.15) is 0 Å². The van der Waals surface area contributed by atoms with Crippen LogP contribution in [0.4, 0.5) is 5.69 Å². The zero-order chi connectivity index (χ0) is 13.2. The predicted octanol–water partition coefficient (Wildman–Crippen LogP) is 0.689. The van der Waals surface area contributed by atoms with Crippen LogP contribution in [0.2, 0.25) is 0 Å². The second-order valence-corrected chi connectivity index (χ2v) is 5.87. The molecule has 1 aromatic rings. The van der Waals surface area contributed by atoms with E-state index in [4.69, 9.17) is 4.74 Å². The number of anilines is 1. The number of benzene rings is 1. The van der Waals surface area contributed by atoms with Crippen LogP contribution in [0.25, 0.3) is 0 Å². The van der Waals surface area contributed by atoms with Crippen LogP contribution in [-0.4, -0.2) is 33.2 Å². The summed E-state index contributed by atoms with van der Waals surface area (Å²) < 4.78 is 16.8. The van der Waals surface area contributed by atoms with Gasteiger partial charge in [-0.15, -0.1) is 0 Å². The van der Waals surface area contributed by atoms with E-state index >= 15 is 0 Å². The van der Waals surface area contributed by atoms with Crippen LogP contribution in [0.3, 0.4) is 0 Å². The van der Waals surface area contributed by atoms with E-state index in [1.165, 1.54) is 6.92 Å². The molecular formula is C12H13NO4S. The van der Waals surface area contributed by atoms with Gasteiger partial charge in [-0.05, 0) is 19.1 Å². The Morgan fingerprint density at radius 3 is 2.56 bits per heavy atom.